The Morgan fingerprint density at radius 1 is 1.53 bits per heavy atom. The molecular formula is C11H17NO3S2. The van der Waals surface area contributed by atoms with Crippen LogP contribution in [-0.2, 0) is 9.84 Å². The molecule has 1 atom stereocenters. The number of carbonyl (C=O) groups excluding carboxylic acids is 1. The van der Waals surface area contributed by atoms with Crippen molar-refractivity contribution in [1.29, 1.82) is 0 Å². The molecule has 1 amide bonds. The fourth-order valence-electron chi connectivity index (χ4n) is 1.39. The summed E-state index contributed by atoms with van der Waals surface area (Å²) >= 11 is 1.45. The first-order chi connectivity index (χ1) is 7.87. The Bertz CT molecular complexity index is 465. The Morgan fingerprint density at radius 3 is 2.65 bits per heavy atom. The van der Waals surface area contributed by atoms with Crippen molar-refractivity contribution >= 4 is 27.1 Å². The lowest BCUT2D eigenvalue weighted by atomic mass is 10.2. The molecule has 0 aliphatic rings. The first-order valence-electron chi connectivity index (χ1n) is 5.37. The largest absolute Gasteiger partial charge is 0.338 e. The van der Waals surface area contributed by atoms with Gasteiger partial charge in [0.05, 0.1) is 11.3 Å². The van der Waals surface area contributed by atoms with E-state index >= 15 is 0 Å². The summed E-state index contributed by atoms with van der Waals surface area (Å²) < 4.78 is 23.0. The Morgan fingerprint density at radius 2 is 2.18 bits per heavy atom. The molecule has 4 nitrogen and oxygen atoms in total. The molecule has 0 saturated heterocycles. The van der Waals surface area contributed by atoms with Gasteiger partial charge < -0.3 is 4.90 Å². The molecule has 0 bridgehead atoms. The van der Waals surface area contributed by atoms with Crippen molar-refractivity contribution in [2.45, 2.75) is 19.9 Å². The fourth-order valence-corrected chi connectivity index (χ4v) is 3.21. The zero-order valence-corrected chi connectivity index (χ0v) is 11.8. The molecule has 0 radical (unpaired) electrons. The summed E-state index contributed by atoms with van der Waals surface area (Å²) in [5.41, 5.74) is 0.609. The number of thiophene rings is 1. The topological polar surface area (TPSA) is 54.5 Å². The van der Waals surface area contributed by atoms with Crippen LogP contribution in [0.25, 0.3) is 0 Å². The Kier molecular flexibility index (Phi) is 4.70. The molecule has 1 aromatic rings. The maximum Gasteiger partial charge on any atom is 0.254 e. The quantitative estimate of drug-likeness (QED) is 0.821. The summed E-state index contributed by atoms with van der Waals surface area (Å²) in [5, 5.41) is 3.59. The smallest absolute Gasteiger partial charge is 0.254 e. The Hall–Kier alpha value is -0.880. The minimum atomic E-state index is -3.06. The van der Waals surface area contributed by atoms with Crippen molar-refractivity contribution in [1.82, 2.24) is 4.90 Å². The summed E-state index contributed by atoms with van der Waals surface area (Å²) in [6.45, 7) is 3.36. The maximum atomic E-state index is 12.0. The van der Waals surface area contributed by atoms with Gasteiger partial charge in [-0.05, 0) is 18.4 Å². The lowest BCUT2D eigenvalue weighted by molar-refractivity contribution is 0.0757. The van der Waals surface area contributed by atoms with Crippen molar-refractivity contribution in [3.8, 4) is 0 Å². The second-order valence-corrected chi connectivity index (χ2v) is 7.15. The summed E-state index contributed by atoms with van der Waals surface area (Å²) in [7, 11) is -1.42. The van der Waals surface area contributed by atoms with Crippen molar-refractivity contribution < 1.29 is 13.2 Å². The molecular weight excluding hydrogens is 258 g/mol. The standard InChI is InChI=1S/C11H17NO3S2/c1-4-17(14,15)8-9(2)12(3)11(13)10-5-6-16-7-10/h5-7,9H,4,8H2,1-3H3/t9-/m1/s1. The Balaban J connectivity index is 2.71. The van der Waals surface area contributed by atoms with E-state index in [0.717, 1.165) is 0 Å². The second kappa shape index (κ2) is 5.64. The SMILES string of the molecule is CCS(=O)(=O)C[C@@H](C)N(C)C(=O)c1ccsc1. The van der Waals surface area contributed by atoms with Crippen LogP contribution in [0.1, 0.15) is 24.2 Å². The molecule has 0 spiro atoms. The molecule has 0 aromatic carbocycles. The molecule has 0 fully saturated rings. The highest BCUT2D eigenvalue weighted by atomic mass is 32.2. The van der Waals surface area contributed by atoms with Gasteiger partial charge in [0.2, 0.25) is 0 Å². The predicted octanol–water partition coefficient (Wildman–Crippen LogP) is 1.64. The van der Waals surface area contributed by atoms with Crippen molar-refractivity contribution in [3.05, 3.63) is 22.4 Å². The van der Waals surface area contributed by atoms with Gasteiger partial charge in [-0.1, -0.05) is 6.92 Å². The van der Waals surface area contributed by atoms with Crippen LogP contribution < -0.4 is 0 Å². The van der Waals surface area contributed by atoms with Gasteiger partial charge in [-0.3, -0.25) is 4.79 Å². The molecule has 1 heterocycles. The van der Waals surface area contributed by atoms with E-state index in [4.69, 9.17) is 0 Å². The fraction of sp³-hybridized carbons (Fsp3) is 0.545. The molecule has 1 aromatic heterocycles. The number of sulfone groups is 1. The summed E-state index contributed by atoms with van der Waals surface area (Å²) in [5.74, 6) is -0.0155. The third kappa shape index (κ3) is 3.81. The summed E-state index contributed by atoms with van der Waals surface area (Å²) in [6.07, 6.45) is 0. The van der Waals surface area contributed by atoms with Gasteiger partial charge in [-0.2, -0.15) is 11.3 Å². The van der Waals surface area contributed by atoms with Gasteiger partial charge in [0.15, 0.2) is 9.84 Å². The molecule has 0 unspecified atom stereocenters. The van der Waals surface area contributed by atoms with E-state index in [1.807, 2.05) is 5.38 Å². The maximum absolute atomic E-state index is 12.0. The first-order valence-corrected chi connectivity index (χ1v) is 8.13. The average Bonchev–Trinajstić information content (AvgIpc) is 2.80. The van der Waals surface area contributed by atoms with Gasteiger partial charge in [0, 0.05) is 24.2 Å². The second-order valence-electron chi connectivity index (χ2n) is 3.98. The molecule has 96 valence electrons. The van der Waals surface area contributed by atoms with Crippen LogP contribution in [0, 0.1) is 0 Å². The van der Waals surface area contributed by atoms with Crippen LogP contribution in [0.15, 0.2) is 16.8 Å². The van der Waals surface area contributed by atoms with E-state index in [9.17, 15) is 13.2 Å². The van der Waals surface area contributed by atoms with Crippen molar-refractivity contribution in [2.75, 3.05) is 18.6 Å². The molecule has 6 heteroatoms. The third-order valence-corrected chi connectivity index (χ3v) is 5.24. The van der Waals surface area contributed by atoms with Crippen LogP contribution in [0.3, 0.4) is 0 Å². The van der Waals surface area contributed by atoms with E-state index in [2.05, 4.69) is 0 Å². The zero-order valence-electron chi connectivity index (χ0n) is 10.2. The van der Waals surface area contributed by atoms with Crippen LogP contribution in [-0.4, -0.2) is 43.8 Å². The van der Waals surface area contributed by atoms with Gasteiger partial charge in [-0.15, -0.1) is 0 Å². The van der Waals surface area contributed by atoms with E-state index in [-0.39, 0.29) is 23.5 Å². The predicted molar refractivity (Wildman–Crippen MR) is 70.2 cm³/mol. The highest BCUT2D eigenvalue weighted by Crippen LogP contribution is 2.11. The van der Waals surface area contributed by atoms with Gasteiger partial charge in [0.25, 0.3) is 5.91 Å². The lowest BCUT2D eigenvalue weighted by Crippen LogP contribution is -2.39. The van der Waals surface area contributed by atoms with Gasteiger partial charge >= 0.3 is 0 Å². The minimum absolute atomic E-state index is 0.00980. The summed E-state index contributed by atoms with van der Waals surface area (Å²) in [6, 6.07) is 1.43. The number of amides is 1. The van der Waals surface area contributed by atoms with Gasteiger partial charge in [-0.25, -0.2) is 8.42 Å². The highest BCUT2D eigenvalue weighted by Gasteiger charge is 2.22. The molecule has 17 heavy (non-hydrogen) atoms. The van der Waals surface area contributed by atoms with E-state index in [1.54, 1.807) is 32.3 Å². The third-order valence-electron chi connectivity index (χ3n) is 2.68. The first kappa shape index (κ1) is 14.2. The zero-order chi connectivity index (χ0) is 13.1. The van der Waals surface area contributed by atoms with Crippen LogP contribution in [0.2, 0.25) is 0 Å². The number of rotatable bonds is 5. The monoisotopic (exact) mass is 275 g/mol. The molecule has 0 aliphatic heterocycles. The number of carbonyl (C=O) groups is 1. The van der Waals surface area contributed by atoms with Crippen LogP contribution in [0.4, 0.5) is 0 Å². The number of hydrogen-bond donors (Lipinski definition) is 0. The van der Waals surface area contributed by atoms with Crippen molar-refractivity contribution in [3.63, 3.8) is 0 Å². The molecule has 1 rings (SSSR count). The van der Waals surface area contributed by atoms with E-state index in [0.29, 0.717) is 5.56 Å². The highest BCUT2D eigenvalue weighted by molar-refractivity contribution is 7.91. The normalized spacial score (nSPS) is 13.4. The Labute approximate surface area is 106 Å². The lowest BCUT2D eigenvalue weighted by Gasteiger charge is -2.24. The summed E-state index contributed by atoms with van der Waals surface area (Å²) in [4.78, 5) is 13.4. The number of hydrogen-bond acceptors (Lipinski definition) is 4. The van der Waals surface area contributed by atoms with Crippen molar-refractivity contribution in [2.24, 2.45) is 0 Å². The number of nitrogens with zero attached hydrogens (tertiary/aromatic N) is 1. The van der Waals surface area contributed by atoms with Crippen LogP contribution >= 0.6 is 11.3 Å². The van der Waals surface area contributed by atoms with E-state index < -0.39 is 9.84 Å². The average molecular weight is 275 g/mol. The van der Waals surface area contributed by atoms with Gasteiger partial charge in [0.1, 0.15) is 0 Å². The van der Waals surface area contributed by atoms with Crippen LogP contribution in [0.5, 0.6) is 0 Å². The molecule has 0 N–H and O–H groups in total. The molecule has 0 saturated carbocycles. The molecule has 0 aliphatic carbocycles. The van der Waals surface area contributed by atoms with E-state index in [1.165, 1.54) is 16.2 Å². The minimum Gasteiger partial charge on any atom is -0.338 e.